The normalized spacial score (nSPS) is 12.2. The fraction of sp³-hybridized carbons (Fsp3) is 0.214. The zero-order chi connectivity index (χ0) is 16.3. The highest BCUT2D eigenvalue weighted by molar-refractivity contribution is 7.85. The first kappa shape index (κ1) is 17.4. The lowest BCUT2D eigenvalue weighted by Crippen LogP contribution is -2.25. The maximum Gasteiger partial charge on any atom is 0.264 e. The first-order chi connectivity index (χ1) is 10.4. The van der Waals surface area contributed by atoms with Gasteiger partial charge in [-0.15, -0.1) is 11.3 Å². The molecule has 1 unspecified atom stereocenters. The molecule has 1 atom stereocenters. The second kappa shape index (κ2) is 7.57. The van der Waals surface area contributed by atoms with Crippen LogP contribution in [0.1, 0.15) is 15.2 Å². The summed E-state index contributed by atoms with van der Waals surface area (Å²) in [6.07, 6.45) is 0. The standard InChI is InChI=1S/C14H14Cl2N2O2S2/c1-17-22(20)13-6-5-12(21-13)14(19)18(2)8-9-3-4-10(15)7-11(9)16/h3-7,17H,8H2,1-2H3. The van der Waals surface area contributed by atoms with Crippen molar-refractivity contribution in [2.45, 2.75) is 10.8 Å². The zero-order valence-electron chi connectivity index (χ0n) is 11.9. The highest BCUT2D eigenvalue weighted by atomic mass is 35.5. The van der Waals surface area contributed by atoms with Crippen LogP contribution in [0.5, 0.6) is 0 Å². The lowest BCUT2D eigenvalue weighted by molar-refractivity contribution is 0.0790. The van der Waals surface area contributed by atoms with Gasteiger partial charge in [0.15, 0.2) is 0 Å². The Kier molecular flexibility index (Phi) is 6.00. The zero-order valence-corrected chi connectivity index (χ0v) is 15.1. The molecular weight excluding hydrogens is 363 g/mol. The molecule has 118 valence electrons. The molecule has 0 aliphatic carbocycles. The van der Waals surface area contributed by atoms with Gasteiger partial charge >= 0.3 is 0 Å². The molecule has 1 aromatic heterocycles. The third kappa shape index (κ3) is 4.08. The van der Waals surface area contributed by atoms with Crippen molar-refractivity contribution in [1.29, 1.82) is 0 Å². The van der Waals surface area contributed by atoms with Gasteiger partial charge in [-0.1, -0.05) is 29.3 Å². The van der Waals surface area contributed by atoms with Gasteiger partial charge in [-0.3, -0.25) is 4.79 Å². The molecule has 0 spiro atoms. The van der Waals surface area contributed by atoms with Crippen molar-refractivity contribution in [3.8, 4) is 0 Å². The Balaban J connectivity index is 2.12. The molecular formula is C14H14Cl2N2O2S2. The Morgan fingerprint density at radius 2 is 2.05 bits per heavy atom. The minimum atomic E-state index is -1.28. The number of amides is 1. The molecule has 0 bridgehead atoms. The van der Waals surface area contributed by atoms with Crippen LogP contribution in [0.3, 0.4) is 0 Å². The highest BCUT2D eigenvalue weighted by Gasteiger charge is 2.17. The molecule has 2 aromatic rings. The van der Waals surface area contributed by atoms with E-state index < -0.39 is 11.0 Å². The maximum absolute atomic E-state index is 12.4. The second-order valence-electron chi connectivity index (χ2n) is 4.49. The van der Waals surface area contributed by atoms with Crippen LogP contribution in [0.4, 0.5) is 0 Å². The van der Waals surface area contributed by atoms with Crippen LogP contribution < -0.4 is 4.72 Å². The molecule has 4 nitrogen and oxygen atoms in total. The van der Waals surface area contributed by atoms with E-state index in [2.05, 4.69) is 4.72 Å². The molecule has 0 saturated carbocycles. The van der Waals surface area contributed by atoms with E-state index in [1.54, 1.807) is 49.3 Å². The van der Waals surface area contributed by atoms with Crippen LogP contribution in [0.15, 0.2) is 34.5 Å². The Hall–Kier alpha value is -0.920. The molecule has 1 N–H and O–H groups in total. The van der Waals surface area contributed by atoms with Gasteiger partial charge in [0.25, 0.3) is 5.91 Å². The average Bonchev–Trinajstić information content (AvgIpc) is 2.98. The Bertz CT molecular complexity index is 719. The fourth-order valence-electron chi connectivity index (χ4n) is 1.80. The van der Waals surface area contributed by atoms with Crippen molar-refractivity contribution in [2.24, 2.45) is 0 Å². The summed E-state index contributed by atoms with van der Waals surface area (Å²) in [6, 6.07) is 8.55. The Morgan fingerprint density at radius 1 is 1.32 bits per heavy atom. The quantitative estimate of drug-likeness (QED) is 0.866. The summed E-state index contributed by atoms with van der Waals surface area (Å²) in [5.74, 6) is -0.143. The number of carbonyl (C=O) groups is 1. The summed E-state index contributed by atoms with van der Waals surface area (Å²) in [6.45, 7) is 0.372. The van der Waals surface area contributed by atoms with Crippen LogP contribution in [-0.2, 0) is 17.5 Å². The number of hydrogen-bond acceptors (Lipinski definition) is 3. The van der Waals surface area contributed by atoms with E-state index in [1.165, 1.54) is 11.3 Å². The van der Waals surface area contributed by atoms with Crippen LogP contribution >= 0.6 is 34.5 Å². The van der Waals surface area contributed by atoms with Crippen molar-refractivity contribution >= 4 is 51.4 Å². The lowest BCUT2D eigenvalue weighted by atomic mass is 10.2. The van der Waals surface area contributed by atoms with Gasteiger partial charge in [0.1, 0.15) is 15.2 Å². The first-order valence-electron chi connectivity index (χ1n) is 6.30. The van der Waals surface area contributed by atoms with Crippen LogP contribution in [0.2, 0.25) is 10.0 Å². The third-order valence-corrected chi connectivity index (χ3v) is 5.96. The summed E-state index contributed by atoms with van der Waals surface area (Å²) < 4.78 is 14.9. The second-order valence-corrected chi connectivity index (χ2v) is 8.06. The molecule has 1 amide bonds. The topological polar surface area (TPSA) is 49.4 Å². The van der Waals surface area contributed by atoms with Gasteiger partial charge in [-0.2, -0.15) is 0 Å². The van der Waals surface area contributed by atoms with Gasteiger partial charge in [0.2, 0.25) is 0 Å². The molecule has 0 fully saturated rings. The SMILES string of the molecule is CNS(=O)c1ccc(C(=O)N(C)Cc2ccc(Cl)cc2Cl)s1. The summed E-state index contributed by atoms with van der Waals surface area (Å²) in [5, 5.41) is 1.08. The molecule has 8 heteroatoms. The monoisotopic (exact) mass is 376 g/mol. The number of thiophene rings is 1. The molecule has 22 heavy (non-hydrogen) atoms. The highest BCUT2D eigenvalue weighted by Crippen LogP contribution is 2.24. The average molecular weight is 377 g/mol. The molecule has 2 rings (SSSR count). The van der Waals surface area contributed by atoms with Crippen molar-refractivity contribution in [3.05, 3.63) is 50.8 Å². The molecule has 0 radical (unpaired) electrons. The van der Waals surface area contributed by atoms with E-state index >= 15 is 0 Å². The minimum absolute atomic E-state index is 0.143. The van der Waals surface area contributed by atoms with E-state index in [0.717, 1.165) is 5.56 Å². The molecule has 1 heterocycles. The Morgan fingerprint density at radius 3 is 2.68 bits per heavy atom. The smallest absolute Gasteiger partial charge is 0.264 e. The number of halogens is 2. The summed E-state index contributed by atoms with van der Waals surface area (Å²) in [4.78, 5) is 14.5. The van der Waals surface area contributed by atoms with E-state index in [-0.39, 0.29) is 5.91 Å². The van der Waals surface area contributed by atoms with Crippen LogP contribution in [0.25, 0.3) is 0 Å². The summed E-state index contributed by atoms with van der Waals surface area (Å²) in [7, 11) is 2.02. The largest absolute Gasteiger partial charge is 0.337 e. The summed E-state index contributed by atoms with van der Waals surface area (Å²) in [5.41, 5.74) is 0.817. The van der Waals surface area contributed by atoms with Gasteiger partial charge in [-0.25, -0.2) is 8.93 Å². The van der Waals surface area contributed by atoms with E-state index in [0.29, 0.717) is 25.7 Å². The van der Waals surface area contributed by atoms with Crippen molar-refractivity contribution in [2.75, 3.05) is 14.1 Å². The summed E-state index contributed by atoms with van der Waals surface area (Å²) >= 11 is 13.2. The van der Waals surface area contributed by atoms with E-state index in [1.807, 2.05) is 0 Å². The van der Waals surface area contributed by atoms with E-state index in [4.69, 9.17) is 23.2 Å². The number of nitrogens with one attached hydrogen (secondary N) is 1. The molecule has 0 saturated heterocycles. The number of hydrogen-bond donors (Lipinski definition) is 1. The van der Waals surface area contributed by atoms with Gasteiger partial charge in [0.05, 0.1) is 4.88 Å². The van der Waals surface area contributed by atoms with Gasteiger partial charge in [0, 0.05) is 23.6 Å². The van der Waals surface area contributed by atoms with Crippen molar-refractivity contribution in [1.82, 2.24) is 9.62 Å². The van der Waals surface area contributed by atoms with E-state index in [9.17, 15) is 9.00 Å². The minimum Gasteiger partial charge on any atom is -0.337 e. The lowest BCUT2D eigenvalue weighted by Gasteiger charge is -2.17. The van der Waals surface area contributed by atoms with Gasteiger partial charge < -0.3 is 4.90 Å². The number of carbonyl (C=O) groups excluding carboxylic acids is 1. The van der Waals surface area contributed by atoms with Crippen LogP contribution in [0, 0.1) is 0 Å². The molecule has 0 aliphatic rings. The molecule has 1 aromatic carbocycles. The predicted molar refractivity (Wildman–Crippen MR) is 92.0 cm³/mol. The Labute approximate surface area is 145 Å². The molecule has 0 aliphatic heterocycles. The van der Waals surface area contributed by atoms with Crippen molar-refractivity contribution < 1.29 is 9.00 Å². The first-order valence-corrected chi connectivity index (χ1v) is 9.03. The predicted octanol–water partition coefficient (Wildman–Crippen LogP) is 3.57. The number of benzene rings is 1. The number of nitrogens with zero attached hydrogens (tertiary/aromatic N) is 1. The fourth-order valence-corrected chi connectivity index (χ4v) is 4.22. The third-order valence-electron chi connectivity index (χ3n) is 2.93. The van der Waals surface area contributed by atoms with Crippen molar-refractivity contribution in [3.63, 3.8) is 0 Å². The van der Waals surface area contributed by atoms with Crippen LogP contribution in [-0.4, -0.2) is 29.1 Å². The van der Waals surface area contributed by atoms with Gasteiger partial charge in [-0.05, 0) is 36.9 Å². The maximum atomic E-state index is 12.4. The number of rotatable bonds is 5.